The van der Waals surface area contributed by atoms with Crippen LogP contribution in [0.5, 0.6) is 11.5 Å². The minimum atomic E-state index is -1.18. The molecule has 1 aliphatic heterocycles. The number of benzene rings is 3. The number of carboxylic acid groups (broad SMARTS) is 1. The summed E-state index contributed by atoms with van der Waals surface area (Å²) in [6, 6.07) is 19.1. The topological polar surface area (TPSA) is 122 Å². The number of amides is 4. The lowest BCUT2D eigenvalue weighted by Gasteiger charge is -2.26. The van der Waals surface area contributed by atoms with Crippen molar-refractivity contribution in [1.82, 2.24) is 5.32 Å². The maximum Gasteiger partial charge on any atom is 0.335 e. The Hall–Kier alpha value is -4.92. The van der Waals surface area contributed by atoms with Crippen LogP contribution in [-0.2, 0) is 16.2 Å². The van der Waals surface area contributed by atoms with Crippen molar-refractivity contribution in [3.8, 4) is 11.5 Å². The van der Waals surface area contributed by atoms with E-state index < -0.39 is 23.8 Å². The lowest BCUT2D eigenvalue weighted by molar-refractivity contribution is -0.122. The Labute approximate surface area is 206 Å². The van der Waals surface area contributed by atoms with E-state index >= 15 is 0 Å². The summed E-state index contributed by atoms with van der Waals surface area (Å²) < 4.78 is 11.3. The zero-order valence-corrected chi connectivity index (χ0v) is 19.3. The minimum absolute atomic E-state index is 0.0482. The van der Waals surface area contributed by atoms with E-state index in [4.69, 9.17) is 9.47 Å². The Morgan fingerprint density at radius 1 is 0.972 bits per heavy atom. The van der Waals surface area contributed by atoms with Gasteiger partial charge in [0.2, 0.25) is 0 Å². The Kier molecular flexibility index (Phi) is 7.10. The van der Waals surface area contributed by atoms with E-state index in [9.17, 15) is 24.3 Å². The molecule has 1 heterocycles. The molecule has 0 unspecified atom stereocenters. The number of carbonyl (C=O) groups excluding carboxylic acids is 3. The van der Waals surface area contributed by atoms with Crippen molar-refractivity contribution in [3.63, 3.8) is 0 Å². The van der Waals surface area contributed by atoms with E-state index in [0.717, 1.165) is 10.5 Å². The number of carboxylic acids is 1. The van der Waals surface area contributed by atoms with Crippen LogP contribution in [0.15, 0.2) is 78.4 Å². The molecule has 1 saturated heterocycles. The molecule has 4 amide bonds. The molecule has 1 fully saturated rings. The van der Waals surface area contributed by atoms with Crippen molar-refractivity contribution >= 4 is 35.6 Å². The molecule has 0 aromatic heterocycles. The third-order valence-electron chi connectivity index (χ3n) is 5.30. The number of ether oxygens (including phenoxy) is 2. The van der Waals surface area contributed by atoms with E-state index in [1.54, 1.807) is 19.1 Å². The van der Waals surface area contributed by atoms with Gasteiger partial charge in [0.25, 0.3) is 11.8 Å². The van der Waals surface area contributed by atoms with Crippen molar-refractivity contribution in [3.05, 3.63) is 95.1 Å². The fourth-order valence-corrected chi connectivity index (χ4v) is 3.56. The Morgan fingerprint density at radius 2 is 1.69 bits per heavy atom. The molecular weight excluding hydrogens is 464 g/mol. The molecule has 0 aliphatic carbocycles. The van der Waals surface area contributed by atoms with Crippen LogP contribution in [-0.4, -0.2) is 35.5 Å². The molecule has 182 valence electrons. The summed E-state index contributed by atoms with van der Waals surface area (Å²) >= 11 is 0. The number of anilines is 1. The summed E-state index contributed by atoms with van der Waals surface area (Å²) in [7, 11) is 0. The summed E-state index contributed by atoms with van der Waals surface area (Å²) in [5, 5.41) is 11.5. The molecule has 36 heavy (non-hydrogen) atoms. The second kappa shape index (κ2) is 10.6. The van der Waals surface area contributed by atoms with E-state index in [1.165, 1.54) is 36.4 Å². The van der Waals surface area contributed by atoms with Crippen molar-refractivity contribution in [1.29, 1.82) is 0 Å². The summed E-state index contributed by atoms with van der Waals surface area (Å²) in [4.78, 5) is 50.5. The number of imide groups is 2. The lowest BCUT2D eigenvalue weighted by atomic mass is 10.0. The number of barbiturate groups is 1. The monoisotopic (exact) mass is 486 g/mol. The van der Waals surface area contributed by atoms with Crippen LogP contribution in [0.1, 0.15) is 28.4 Å². The number of carbonyl (C=O) groups is 4. The molecule has 9 heteroatoms. The smallest absolute Gasteiger partial charge is 0.335 e. The molecule has 3 aromatic rings. The van der Waals surface area contributed by atoms with Crippen LogP contribution < -0.4 is 19.7 Å². The van der Waals surface area contributed by atoms with Gasteiger partial charge in [-0.25, -0.2) is 14.5 Å². The van der Waals surface area contributed by atoms with Gasteiger partial charge in [0, 0.05) is 5.56 Å². The van der Waals surface area contributed by atoms with Crippen molar-refractivity contribution in [2.24, 2.45) is 0 Å². The number of nitrogens with one attached hydrogen (secondary N) is 1. The normalized spacial score (nSPS) is 14.5. The third kappa shape index (κ3) is 5.25. The van der Waals surface area contributed by atoms with Crippen molar-refractivity contribution in [2.45, 2.75) is 13.5 Å². The predicted octanol–water partition coefficient (Wildman–Crippen LogP) is 4.03. The van der Waals surface area contributed by atoms with E-state index in [-0.39, 0.29) is 29.0 Å². The van der Waals surface area contributed by atoms with E-state index in [0.29, 0.717) is 18.1 Å². The maximum absolute atomic E-state index is 13.2. The molecule has 3 aromatic carbocycles. The number of urea groups is 1. The van der Waals surface area contributed by atoms with Crippen molar-refractivity contribution < 1.29 is 33.8 Å². The van der Waals surface area contributed by atoms with E-state index in [1.807, 2.05) is 30.3 Å². The van der Waals surface area contributed by atoms with Gasteiger partial charge in [0.05, 0.1) is 17.9 Å². The van der Waals surface area contributed by atoms with Gasteiger partial charge in [-0.1, -0.05) is 30.3 Å². The van der Waals surface area contributed by atoms with Crippen LogP contribution >= 0.6 is 0 Å². The van der Waals surface area contributed by atoms with Gasteiger partial charge in [-0.15, -0.1) is 0 Å². The molecule has 0 spiro atoms. The first-order chi connectivity index (χ1) is 17.4. The maximum atomic E-state index is 13.2. The van der Waals surface area contributed by atoms with Crippen LogP contribution in [0.25, 0.3) is 6.08 Å². The van der Waals surface area contributed by atoms with Crippen LogP contribution in [0.2, 0.25) is 0 Å². The lowest BCUT2D eigenvalue weighted by Crippen LogP contribution is -2.54. The molecule has 9 nitrogen and oxygen atoms in total. The second-order valence-electron chi connectivity index (χ2n) is 7.72. The SMILES string of the molecule is CCOc1ccc(C(=O)O)cc1/C=C1/C(=O)NC(=O)N(c2ccc(OCc3ccccc3)cc2)C1=O. The van der Waals surface area contributed by atoms with Crippen LogP contribution in [0, 0.1) is 0 Å². The summed E-state index contributed by atoms with van der Waals surface area (Å²) in [6.45, 7) is 2.38. The highest BCUT2D eigenvalue weighted by atomic mass is 16.5. The highest BCUT2D eigenvalue weighted by Crippen LogP contribution is 2.28. The fraction of sp³-hybridized carbons (Fsp3) is 0.111. The minimum Gasteiger partial charge on any atom is -0.493 e. The van der Waals surface area contributed by atoms with Gasteiger partial charge in [-0.2, -0.15) is 0 Å². The fourth-order valence-electron chi connectivity index (χ4n) is 3.56. The third-order valence-corrected chi connectivity index (χ3v) is 5.30. The number of nitrogens with zero attached hydrogens (tertiary/aromatic N) is 1. The standard InChI is InChI=1S/C27H22N2O7/c1-2-35-23-13-8-18(26(32)33)14-19(23)15-22-24(30)28-27(34)29(25(22)31)20-9-11-21(12-10-20)36-16-17-6-4-3-5-7-17/h3-15H,2,16H2,1H3,(H,32,33)(H,28,30,34)/b22-15-. The molecular formula is C27H22N2O7. The van der Waals surface area contributed by atoms with Crippen molar-refractivity contribution in [2.75, 3.05) is 11.5 Å². The van der Waals surface area contributed by atoms with Crippen LogP contribution in [0.4, 0.5) is 10.5 Å². The van der Waals surface area contributed by atoms with Crippen LogP contribution in [0.3, 0.4) is 0 Å². The first-order valence-corrected chi connectivity index (χ1v) is 11.1. The Bertz CT molecular complexity index is 1350. The summed E-state index contributed by atoms with van der Waals surface area (Å²) in [5.41, 5.74) is 1.04. The molecule has 1 aliphatic rings. The first-order valence-electron chi connectivity index (χ1n) is 11.1. The zero-order chi connectivity index (χ0) is 25.7. The molecule has 0 bridgehead atoms. The predicted molar refractivity (Wildman–Crippen MR) is 131 cm³/mol. The number of rotatable bonds is 8. The quantitative estimate of drug-likeness (QED) is 0.364. The average Bonchev–Trinajstić information content (AvgIpc) is 2.87. The number of hydrogen-bond donors (Lipinski definition) is 2. The Morgan fingerprint density at radius 3 is 2.36 bits per heavy atom. The largest absolute Gasteiger partial charge is 0.493 e. The van der Waals surface area contributed by atoms with Gasteiger partial charge < -0.3 is 14.6 Å². The van der Waals surface area contributed by atoms with Gasteiger partial charge in [0.1, 0.15) is 23.7 Å². The molecule has 0 radical (unpaired) electrons. The number of hydrogen-bond acceptors (Lipinski definition) is 6. The Balaban J connectivity index is 1.60. The molecule has 4 rings (SSSR count). The first kappa shape index (κ1) is 24.2. The summed E-state index contributed by atoms with van der Waals surface area (Å²) in [6.07, 6.45) is 1.21. The molecule has 2 N–H and O–H groups in total. The number of aromatic carboxylic acids is 1. The molecule has 0 saturated carbocycles. The highest BCUT2D eigenvalue weighted by Gasteiger charge is 2.37. The summed E-state index contributed by atoms with van der Waals surface area (Å²) in [5.74, 6) is -2.11. The van der Waals surface area contributed by atoms with E-state index in [2.05, 4.69) is 5.32 Å². The van der Waals surface area contributed by atoms with Gasteiger partial charge >= 0.3 is 12.0 Å². The zero-order valence-electron chi connectivity index (χ0n) is 19.3. The average molecular weight is 486 g/mol. The second-order valence-corrected chi connectivity index (χ2v) is 7.72. The highest BCUT2D eigenvalue weighted by molar-refractivity contribution is 6.39. The van der Waals surface area contributed by atoms with Gasteiger partial charge in [-0.05, 0) is 61.0 Å². The molecule has 0 atom stereocenters. The van der Waals surface area contributed by atoms with Gasteiger partial charge in [-0.3, -0.25) is 14.9 Å². The van der Waals surface area contributed by atoms with Gasteiger partial charge in [0.15, 0.2) is 0 Å².